The van der Waals surface area contributed by atoms with Gasteiger partial charge in [0.05, 0.1) is 0 Å². The standard InChI is InChI=1S/C14H23NS/c1-4-13(11-16)9-15(3)10-14-8-6-5-7-12(14)2/h5-8,13,16H,4,9-11H2,1-3H3. The van der Waals surface area contributed by atoms with Gasteiger partial charge in [0, 0.05) is 13.1 Å². The molecule has 0 spiro atoms. The second-order valence-corrected chi connectivity index (χ2v) is 4.95. The molecule has 1 aromatic rings. The topological polar surface area (TPSA) is 3.24 Å². The SMILES string of the molecule is CCC(CS)CN(C)Cc1ccccc1C. The van der Waals surface area contributed by atoms with Gasteiger partial charge in [-0.05, 0) is 36.8 Å². The van der Waals surface area contributed by atoms with Crippen molar-refractivity contribution in [2.75, 3.05) is 19.3 Å². The number of nitrogens with zero attached hydrogens (tertiary/aromatic N) is 1. The highest BCUT2D eigenvalue weighted by Crippen LogP contribution is 2.12. The van der Waals surface area contributed by atoms with E-state index in [1.807, 2.05) is 0 Å². The van der Waals surface area contributed by atoms with Gasteiger partial charge in [0.2, 0.25) is 0 Å². The molecule has 0 saturated heterocycles. The molecule has 90 valence electrons. The van der Waals surface area contributed by atoms with Crippen molar-refractivity contribution in [3.63, 3.8) is 0 Å². The quantitative estimate of drug-likeness (QED) is 0.742. The van der Waals surface area contributed by atoms with Crippen LogP contribution in [-0.4, -0.2) is 24.2 Å². The minimum atomic E-state index is 0.706. The number of aryl methyl sites for hydroxylation is 1. The summed E-state index contributed by atoms with van der Waals surface area (Å²) in [5, 5.41) is 0. The van der Waals surface area contributed by atoms with Crippen LogP contribution in [0.5, 0.6) is 0 Å². The van der Waals surface area contributed by atoms with Crippen LogP contribution in [0.1, 0.15) is 24.5 Å². The Kier molecular flexibility index (Phi) is 5.93. The summed E-state index contributed by atoms with van der Waals surface area (Å²) < 4.78 is 0. The van der Waals surface area contributed by atoms with Crippen molar-refractivity contribution in [3.8, 4) is 0 Å². The Morgan fingerprint density at radius 1 is 1.31 bits per heavy atom. The summed E-state index contributed by atoms with van der Waals surface area (Å²) in [5.74, 6) is 1.69. The van der Waals surface area contributed by atoms with Crippen LogP contribution in [0.4, 0.5) is 0 Å². The van der Waals surface area contributed by atoms with Crippen LogP contribution in [0.2, 0.25) is 0 Å². The Bertz CT molecular complexity index is 307. The van der Waals surface area contributed by atoms with E-state index in [9.17, 15) is 0 Å². The summed E-state index contributed by atoms with van der Waals surface area (Å²) in [6, 6.07) is 8.61. The number of benzene rings is 1. The van der Waals surface area contributed by atoms with Crippen molar-refractivity contribution in [2.45, 2.75) is 26.8 Å². The fourth-order valence-electron chi connectivity index (χ4n) is 1.90. The molecule has 0 saturated carbocycles. The van der Waals surface area contributed by atoms with Crippen molar-refractivity contribution in [1.82, 2.24) is 4.90 Å². The maximum atomic E-state index is 4.39. The lowest BCUT2D eigenvalue weighted by Gasteiger charge is -2.22. The van der Waals surface area contributed by atoms with Crippen molar-refractivity contribution in [1.29, 1.82) is 0 Å². The van der Waals surface area contributed by atoms with Crippen LogP contribution in [0.3, 0.4) is 0 Å². The molecule has 0 heterocycles. The van der Waals surface area contributed by atoms with E-state index >= 15 is 0 Å². The van der Waals surface area contributed by atoms with Gasteiger partial charge < -0.3 is 4.90 Å². The maximum absolute atomic E-state index is 4.39. The predicted octanol–water partition coefficient (Wildman–Crippen LogP) is 3.38. The third-order valence-electron chi connectivity index (χ3n) is 3.11. The molecule has 1 aromatic carbocycles. The highest BCUT2D eigenvalue weighted by atomic mass is 32.1. The summed E-state index contributed by atoms with van der Waals surface area (Å²) in [6.45, 7) is 6.59. The first kappa shape index (κ1) is 13.6. The van der Waals surface area contributed by atoms with Gasteiger partial charge in [-0.15, -0.1) is 0 Å². The van der Waals surface area contributed by atoms with Gasteiger partial charge in [-0.3, -0.25) is 0 Å². The summed E-state index contributed by atoms with van der Waals surface area (Å²) in [7, 11) is 2.19. The van der Waals surface area contributed by atoms with E-state index in [1.165, 1.54) is 17.5 Å². The van der Waals surface area contributed by atoms with Crippen LogP contribution in [0, 0.1) is 12.8 Å². The van der Waals surface area contributed by atoms with E-state index in [0.717, 1.165) is 18.8 Å². The van der Waals surface area contributed by atoms with Gasteiger partial charge in [0.25, 0.3) is 0 Å². The Labute approximate surface area is 105 Å². The Balaban J connectivity index is 2.51. The molecule has 1 rings (SSSR count). The molecule has 0 fully saturated rings. The summed E-state index contributed by atoms with van der Waals surface area (Å²) in [6.07, 6.45) is 1.21. The lowest BCUT2D eigenvalue weighted by Crippen LogP contribution is -2.26. The molecule has 0 aliphatic rings. The Hall–Kier alpha value is -0.470. The monoisotopic (exact) mass is 237 g/mol. The molecule has 0 aromatic heterocycles. The first-order valence-corrected chi connectivity index (χ1v) is 6.64. The van der Waals surface area contributed by atoms with Crippen LogP contribution in [0.15, 0.2) is 24.3 Å². The highest BCUT2D eigenvalue weighted by molar-refractivity contribution is 7.80. The van der Waals surface area contributed by atoms with Gasteiger partial charge in [-0.1, -0.05) is 37.6 Å². The number of rotatable bonds is 6. The van der Waals surface area contributed by atoms with Crippen molar-refractivity contribution >= 4 is 12.6 Å². The molecule has 1 atom stereocenters. The van der Waals surface area contributed by atoms with Crippen LogP contribution >= 0.6 is 12.6 Å². The van der Waals surface area contributed by atoms with Gasteiger partial charge >= 0.3 is 0 Å². The fourth-order valence-corrected chi connectivity index (χ4v) is 2.27. The Morgan fingerprint density at radius 2 is 2.00 bits per heavy atom. The largest absolute Gasteiger partial charge is 0.302 e. The lowest BCUT2D eigenvalue weighted by molar-refractivity contribution is 0.277. The van der Waals surface area contributed by atoms with Crippen molar-refractivity contribution < 1.29 is 0 Å². The molecule has 0 amide bonds. The summed E-state index contributed by atoms with van der Waals surface area (Å²) in [4.78, 5) is 2.40. The third-order valence-corrected chi connectivity index (χ3v) is 3.62. The Morgan fingerprint density at radius 3 is 2.56 bits per heavy atom. The van der Waals surface area contributed by atoms with Gasteiger partial charge in [-0.2, -0.15) is 12.6 Å². The number of hydrogen-bond donors (Lipinski definition) is 1. The zero-order chi connectivity index (χ0) is 12.0. The molecule has 0 N–H and O–H groups in total. The molecule has 0 aliphatic heterocycles. The van der Waals surface area contributed by atoms with Crippen molar-refractivity contribution in [3.05, 3.63) is 35.4 Å². The van der Waals surface area contributed by atoms with E-state index in [-0.39, 0.29) is 0 Å². The second-order valence-electron chi connectivity index (χ2n) is 4.58. The molecule has 2 heteroatoms. The number of hydrogen-bond acceptors (Lipinski definition) is 2. The smallest absolute Gasteiger partial charge is 0.0233 e. The molecule has 1 nitrogen and oxygen atoms in total. The van der Waals surface area contributed by atoms with E-state index in [0.29, 0.717) is 5.92 Å². The van der Waals surface area contributed by atoms with E-state index in [1.54, 1.807) is 0 Å². The fraction of sp³-hybridized carbons (Fsp3) is 0.571. The first-order valence-electron chi connectivity index (χ1n) is 6.01. The predicted molar refractivity (Wildman–Crippen MR) is 75.1 cm³/mol. The molecule has 0 radical (unpaired) electrons. The van der Waals surface area contributed by atoms with Crippen LogP contribution in [-0.2, 0) is 6.54 Å². The summed E-state index contributed by atoms with van der Waals surface area (Å²) in [5.41, 5.74) is 2.81. The summed E-state index contributed by atoms with van der Waals surface area (Å²) >= 11 is 4.39. The van der Waals surface area contributed by atoms with E-state index in [2.05, 4.69) is 62.7 Å². The third kappa shape index (κ3) is 4.18. The van der Waals surface area contributed by atoms with Crippen LogP contribution in [0.25, 0.3) is 0 Å². The average Bonchev–Trinajstić information content (AvgIpc) is 2.29. The van der Waals surface area contributed by atoms with Gasteiger partial charge in [0.15, 0.2) is 0 Å². The highest BCUT2D eigenvalue weighted by Gasteiger charge is 2.09. The first-order chi connectivity index (χ1) is 7.67. The van der Waals surface area contributed by atoms with Crippen molar-refractivity contribution in [2.24, 2.45) is 5.92 Å². The normalized spacial score (nSPS) is 13.1. The molecule has 16 heavy (non-hydrogen) atoms. The molecular formula is C14H23NS. The van der Waals surface area contributed by atoms with Gasteiger partial charge in [-0.25, -0.2) is 0 Å². The van der Waals surface area contributed by atoms with Gasteiger partial charge in [0.1, 0.15) is 0 Å². The molecule has 1 unspecified atom stereocenters. The van der Waals surface area contributed by atoms with Crippen LogP contribution < -0.4 is 0 Å². The minimum Gasteiger partial charge on any atom is -0.302 e. The number of thiol groups is 1. The lowest BCUT2D eigenvalue weighted by atomic mass is 10.1. The average molecular weight is 237 g/mol. The second kappa shape index (κ2) is 6.97. The van der Waals surface area contributed by atoms with E-state index < -0.39 is 0 Å². The molecule has 0 bridgehead atoms. The molecular weight excluding hydrogens is 214 g/mol. The molecule has 0 aliphatic carbocycles. The maximum Gasteiger partial charge on any atom is 0.0233 e. The zero-order valence-corrected chi connectivity index (χ0v) is 11.5. The minimum absolute atomic E-state index is 0.706. The van der Waals surface area contributed by atoms with E-state index in [4.69, 9.17) is 0 Å². The zero-order valence-electron chi connectivity index (χ0n) is 10.6.